The molecule has 19 heavy (non-hydrogen) atoms. The summed E-state index contributed by atoms with van der Waals surface area (Å²) in [5.74, 6) is 0.0535. The van der Waals surface area contributed by atoms with Gasteiger partial charge in [0, 0.05) is 19.1 Å². The molecule has 1 aromatic rings. The van der Waals surface area contributed by atoms with E-state index in [0.29, 0.717) is 0 Å². The summed E-state index contributed by atoms with van der Waals surface area (Å²) in [6.07, 6.45) is 2.70. The number of carbonyl (C=O) groups excluding carboxylic acids is 1. The lowest BCUT2D eigenvalue weighted by molar-refractivity contribution is -0.137. The van der Waals surface area contributed by atoms with Crippen molar-refractivity contribution in [2.24, 2.45) is 0 Å². The third kappa shape index (κ3) is 3.16. The molecule has 2 unspecified atom stereocenters. The molecule has 1 aliphatic rings. The minimum atomic E-state index is -0.408. The second-order valence-corrected chi connectivity index (χ2v) is 5.88. The molecule has 0 fully saturated rings. The van der Waals surface area contributed by atoms with E-state index in [1.54, 1.807) is 25.6 Å². The molecule has 1 aliphatic carbocycles. The molecule has 0 aromatic carbocycles. The van der Waals surface area contributed by atoms with E-state index in [4.69, 9.17) is 9.47 Å². The Labute approximate surface area is 118 Å². The zero-order valence-electron chi connectivity index (χ0n) is 11.6. The molecule has 1 aromatic heterocycles. The van der Waals surface area contributed by atoms with Gasteiger partial charge in [0.05, 0.1) is 12.0 Å². The summed E-state index contributed by atoms with van der Waals surface area (Å²) < 4.78 is 10.3. The Balaban J connectivity index is 2.02. The van der Waals surface area contributed by atoms with E-state index >= 15 is 0 Å². The van der Waals surface area contributed by atoms with Gasteiger partial charge >= 0.3 is 0 Å². The van der Waals surface area contributed by atoms with Crippen molar-refractivity contribution in [3.8, 4) is 0 Å². The Hall–Kier alpha value is -0.910. The van der Waals surface area contributed by atoms with Gasteiger partial charge in [-0.1, -0.05) is 0 Å². The minimum Gasteiger partial charge on any atom is -0.354 e. The summed E-state index contributed by atoms with van der Waals surface area (Å²) >= 11 is 1.75. The molecule has 0 saturated carbocycles. The van der Waals surface area contributed by atoms with Gasteiger partial charge in [-0.2, -0.15) is 0 Å². The van der Waals surface area contributed by atoms with Gasteiger partial charge in [0.2, 0.25) is 5.91 Å². The van der Waals surface area contributed by atoms with Crippen LogP contribution in [0.4, 0.5) is 0 Å². The highest BCUT2D eigenvalue weighted by molar-refractivity contribution is 7.10. The topological polar surface area (TPSA) is 47.6 Å². The molecule has 0 aliphatic heterocycles. The van der Waals surface area contributed by atoms with Crippen LogP contribution in [0.1, 0.15) is 36.1 Å². The number of thiophene rings is 1. The van der Waals surface area contributed by atoms with Crippen molar-refractivity contribution in [3.63, 3.8) is 0 Å². The second-order valence-electron chi connectivity index (χ2n) is 4.88. The van der Waals surface area contributed by atoms with Gasteiger partial charge in [0.1, 0.15) is 0 Å². The van der Waals surface area contributed by atoms with E-state index in [9.17, 15) is 4.79 Å². The number of ether oxygens (including phenoxy) is 2. The van der Waals surface area contributed by atoms with E-state index in [-0.39, 0.29) is 17.9 Å². The van der Waals surface area contributed by atoms with E-state index in [1.165, 1.54) is 10.4 Å². The van der Waals surface area contributed by atoms with Crippen LogP contribution in [0.25, 0.3) is 0 Å². The molecule has 2 rings (SSSR count). The maximum absolute atomic E-state index is 12.4. The lowest BCUT2D eigenvalue weighted by Crippen LogP contribution is -2.45. The van der Waals surface area contributed by atoms with Crippen molar-refractivity contribution in [1.82, 2.24) is 5.32 Å². The largest absolute Gasteiger partial charge is 0.354 e. The van der Waals surface area contributed by atoms with Crippen molar-refractivity contribution < 1.29 is 14.3 Å². The number of nitrogens with one attached hydrogen (secondary N) is 1. The van der Waals surface area contributed by atoms with E-state index in [2.05, 4.69) is 16.8 Å². The maximum Gasteiger partial charge on any atom is 0.227 e. The number of rotatable bonds is 5. The van der Waals surface area contributed by atoms with Gasteiger partial charge in [-0.3, -0.25) is 4.79 Å². The number of hydrogen-bond acceptors (Lipinski definition) is 4. The first-order valence-corrected chi connectivity index (χ1v) is 7.47. The molecular weight excluding hydrogens is 262 g/mol. The fourth-order valence-electron chi connectivity index (χ4n) is 2.66. The molecule has 2 atom stereocenters. The molecule has 0 spiro atoms. The lowest BCUT2D eigenvalue weighted by atomic mass is 9.87. The molecule has 0 saturated heterocycles. The predicted octanol–water partition coefficient (Wildman–Crippen LogP) is 2.29. The number of methoxy groups -OCH3 is 2. The third-order valence-electron chi connectivity index (χ3n) is 3.61. The van der Waals surface area contributed by atoms with Crippen LogP contribution in [0.2, 0.25) is 0 Å². The van der Waals surface area contributed by atoms with Crippen molar-refractivity contribution in [1.29, 1.82) is 0 Å². The summed E-state index contributed by atoms with van der Waals surface area (Å²) in [7, 11) is 3.16. The molecule has 106 valence electrons. The Kier molecular flexibility index (Phi) is 4.96. The Morgan fingerprint density at radius 2 is 2.21 bits per heavy atom. The average Bonchev–Trinajstić information content (AvgIpc) is 2.87. The van der Waals surface area contributed by atoms with Crippen molar-refractivity contribution in [3.05, 3.63) is 21.9 Å². The molecule has 5 heteroatoms. The zero-order chi connectivity index (χ0) is 13.8. The highest BCUT2D eigenvalue weighted by atomic mass is 32.1. The molecule has 1 amide bonds. The van der Waals surface area contributed by atoms with Gasteiger partial charge in [-0.15, -0.1) is 11.3 Å². The summed E-state index contributed by atoms with van der Waals surface area (Å²) in [5, 5.41) is 5.07. The first kappa shape index (κ1) is 14.5. The van der Waals surface area contributed by atoms with Gasteiger partial charge in [-0.25, -0.2) is 0 Å². The standard InChI is InChI=1S/C14H21NO3S/c1-9(14(17-2)18-3)15-13(16)11-5-4-6-12-10(11)7-8-19-12/h7-9,11,14H,4-6H2,1-3H3,(H,15,16). The maximum atomic E-state index is 12.4. The van der Waals surface area contributed by atoms with Crippen LogP contribution in [0.15, 0.2) is 11.4 Å². The summed E-state index contributed by atoms with van der Waals surface area (Å²) in [4.78, 5) is 13.7. The minimum absolute atomic E-state index is 0.0215. The van der Waals surface area contributed by atoms with Crippen LogP contribution < -0.4 is 5.32 Å². The number of carbonyl (C=O) groups is 1. The van der Waals surface area contributed by atoms with Crippen LogP contribution in [0.5, 0.6) is 0 Å². The molecular formula is C14H21NO3S. The number of aryl methyl sites for hydroxylation is 1. The van der Waals surface area contributed by atoms with E-state index in [1.807, 2.05) is 6.92 Å². The smallest absolute Gasteiger partial charge is 0.227 e. The Morgan fingerprint density at radius 1 is 1.47 bits per heavy atom. The number of fused-ring (bicyclic) bond motifs is 1. The fraction of sp³-hybridized carbons (Fsp3) is 0.643. The van der Waals surface area contributed by atoms with Crippen LogP contribution in [0, 0.1) is 0 Å². The second kappa shape index (κ2) is 6.50. The third-order valence-corrected chi connectivity index (χ3v) is 4.61. The van der Waals surface area contributed by atoms with Gasteiger partial charge < -0.3 is 14.8 Å². The Morgan fingerprint density at radius 3 is 2.89 bits per heavy atom. The van der Waals surface area contributed by atoms with Crippen LogP contribution in [0.3, 0.4) is 0 Å². The SMILES string of the molecule is COC(OC)C(C)NC(=O)C1CCCc2sccc21. The molecule has 4 nitrogen and oxygen atoms in total. The fourth-order valence-corrected chi connectivity index (χ4v) is 3.64. The number of amides is 1. The van der Waals surface area contributed by atoms with E-state index < -0.39 is 6.29 Å². The van der Waals surface area contributed by atoms with Crippen LogP contribution in [-0.4, -0.2) is 32.5 Å². The molecule has 1 N–H and O–H groups in total. The van der Waals surface area contributed by atoms with Crippen LogP contribution >= 0.6 is 11.3 Å². The van der Waals surface area contributed by atoms with Crippen molar-refractivity contribution in [2.45, 2.75) is 44.4 Å². The Bertz CT molecular complexity index is 428. The summed E-state index contributed by atoms with van der Waals surface area (Å²) in [6, 6.07) is 1.92. The van der Waals surface area contributed by atoms with E-state index in [0.717, 1.165) is 19.3 Å². The normalized spacial score (nSPS) is 20.1. The predicted molar refractivity (Wildman–Crippen MR) is 75.4 cm³/mol. The van der Waals surface area contributed by atoms with Crippen LogP contribution in [-0.2, 0) is 20.7 Å². The highest BCUT2D eigenvalue weighted by Gasteiger charge is 2.29. The zero-order valence-corrected chi connectivity index (χ0v) is 12.5. The lowest BCUT2D eigenvalue weighted by Gasteiger charge is -2.26. The van der Waals surface area contributed by atoms with Crippen molar-refractivity contribution >= 4 is 17.2 Å². The van der Waals surface area contributed by atoms with Gasteiger partial charge in [0.15, 0.2) is 6.29 Å². The van der Waals surface area contributed by atoms with Gasteiger partial charge in [-0.05, 0) is 43.2 Å². The summed E-state index contributed by atoms with van der Waals surface area (Å²) in [5.41, 5.74) is 1.20. The summed E-state index contributed by atoms with van der Waals surface area (Å²) in [6.45, 7) is 1.90. The average molecular weight is 283 g/mol. The number of hydrogen-bond donors (Lipinski definition) is 1. The first-order valence-electron chi connectivity index (χ1n) is 6.59. The molecule has 0 bridgehead atoms. The van der Waals surface area contributed by atoms with Crippen molar-refractivity contribution in [2.75, 3.05) is 14.2 Å². The monoisotopic (exact) mass is 283 g/mol. The first-order chi connectivity index (χ1) is 9.17. The molecule has 0 radical (unpaired) electrons. The highest BCUT2D eigenvalue weighted by Crippen LogP contribution is 2.35. The van der Waals surface area contributed by atoms with Gasteiger partial charge in [0.25, 0.3) is 0 Å². The molecule has 1 heterocycles. The quantitative estimate of drug-likeness (QED) is 0.843.